The van der Waals surface area contributed by atoms with Crippen LogP contribution >= 0.6 is 11.6 Å². The summed E-state index contributed by atoms with van der Waals surface area (Å²) in [5.41, 5.74) is 0.885. The Labute approximate surface area is 124 Å². The summed E-state index contributed by atoms with van der Waals surface area (Å²) in [6.07, 6.45) is 0.220. The molecule has 0 aliphatic heterocycles. The number of aliphatic carboxylic acids is 1. The molecule has 4 nitrogen and oxygen atoms in total. The van der Waals surface area contributed by atoms with Crippen molar-refractivity contribution in [1.82, 2.24) is 4.90 Å². The molecule has 0 saturated heterocycles. The molecule has 20 heavy (non-hydrogen) atoms. The molecule has 2 unspecified atom stereocenters. The molecule has 1 amide bonds. The summed E-state index contributed by atoms with van der Waals surface area (Å²) in [5, 5.41) is 9.34. The number of carbonyl (C=O) groups excluding carboxylic acids is 1. The van der Waals surface area contributed by atoms with Crippen molar-refractivity contribution in [2.75, 3.05) is 7.05 Å². The van der Waals surface area contributed by atoms with Gasteiger partial charge in [-0.25, -0.2) is 0 Å². The lowest BCUT2D eigenvalue weighted by Gasteiger charge is -2.27. The van der Waals surface area contributed by atoms with Crippen LogP contribution in [0.3, 0.4) is 0 Å². The topological polar surface area (TPSA) is 57.6 Å². The lowest BCUT2D eigenvalue weighted by atomic mass is 10.0. The van der Waals surface area contributed by atoms with Crippen molar-refractivity contribution in [2.24, 2.45) is 5.92 Å². The van der Waals surface area contributed by atoms with Crippen LogP contribution in [0.4, 0.5) is 0 Å². The second-order valence-corrected chi connectivity index (χ2v) is 5.52. The largest absolute Gasteiger partial charge is 0.481 e. The Bertz CT molecular complexity index is 490. The first-order valence-corrected chi connectivity index (χ1v) is 6.92. The average Bonchev–Trinajstić information content (AvgIpc) is 2.36. The molecule has 0 spiro atoms. The quantitative estimate of drug-likeness (QED) is 0.876. The van der Waals surface area contributed by atoms with E-state index < -0.39 is 5.97 Å². The molecule has 2 atom stereocenters. The highest BCUT2D eigenvalue weighted by molar-refractivity contribution is 6.31. The third kappa shape index (κ3) is 4.53. The number of amides is 1. The molecule has 110 valence electrons. The number of halogens is 1. The molecule has 0 saturated carbocycles. The lowest BCUT2D eigenvalue weighted by molar-refractivity contribution is -0.138. The number of rotatable bonds is 6. The fraction of sp³-hybridized carbons (Fsp3) is 0.467. The second-order valence-electron chi connectivity index (χ2n) is 5.11. The van der Waals surface area contributed by atoms with Gasteiger partial charge in [0.1, 0.15) is 0 Å². The summed E-state index contributed by atoms with van der Waals surface area (Å²) in [7, 11) is 1.71. The van der Waals surface area contributed by atoms with Gasteiger partial charge in [-0.15, -0.1) is 0 Å². The van der Waals surface area contributed by atoms with E-state index in [0.717, 1.165) is 5.56 Å². The Hall–Kier alpha value is -1.55. The van der Waals surface area contributed by atoms with Crippen molar-refractivity contribution in [1.29, 1.82) is 0 Å². The summed E-state index contributed by atoms with van der Waals surface area (Å²) in [6.45, 7) is 3.67. The summed E-state index contributed by atoms with van der Waals surface area (Å²) in [6, 6.07) is 7.25. The number of benzene rings is 1. The van der Waals surface area contributed by atoms with Gasteiger partial charge in [0.15, 0.2) is 0 Å². The van der Waals surface area contributed by atoms with Gasteiger partial charge in [-0.05, 0) is 24.5 Å². The second kappa shape index (κ2) is 7.29. The van der Waals surface area contributed by atoms with Gasteiger partial charge in [-0.2, -0.15) is 0 Å². The van der Waals surface area contributed by atoms with E-state index in [1.807, 2.05) is 25.1 Å². The van der Waals surface area contributed by atoms with E-state index in [2.05, 4.69) is 0 Å². The number of hydrogen-bond acceptors (Lipinski definition) is 2. The Kier molecular flexibility index (Phi) is 6.02. The van der Waals surface area contributed by atoms with Crippen molar-refractivity contribution in [3.63, 3.8) is 0 Å². The predicted octanol–water partition coefficient (Wildman–Crippen LogP) is 3.36. The minimum atomic E-state index is -0.882. The lowest BCUT2D eigenvalue weighted by Crippen LogP contribution is -2.31. The van der Waals surface area contributed by atoms with Crippen molar-refractivity contribution >= 4 is 23.5 Å². The monoisotopic (exact) mass is 297 g/mol. The third-order valence-corrected chi connectivity index (χ3v) is 3.72. The molecular weight excluding hydrogens is 278 g/mol. The van der Waals surface area contributed by atoms with Crippen LogP contribution in [-0.2, 0) is 9.59 Å². The zero-order valence-electron chi connectivity index (χ0n) is 12.0. The van der Waals surface area contributed by atoms with E-state index in [0.29, 0.717) is 5.02 Å². The zero-order valence-corrected chi connectivity index (χ0v) is 12.7. The molecule has 0 bridgehead atoms. The van der Waals surface area contributed by atoms with Gasteiger partial charge in [0.25, 0.3) is 0 Å². The Morgan fingerprint density at radius 2 is 1.85 bits per heavy atom. The fourth-order valence-electron chi connectivity index (χ4n) is 2.05. The molecule has 0 aliphatic rings. The van der Waals surface area contributed by atoms with Crippen LogP contribution in [0.1, 0.15) is 38.3 Å². The summed E-state index contributed by atoms with van der Waals surface area (Å²) in [5.74, 6) is -1.14. The van der Waals surface area contributed by atoms with Crippen molar-refractivity contribution in [3.05, 3.63) is 34.9 Å². The SMILES string of the molecule is CC(CC(=O)O)CC(=O)N(C)C(C)c1ccccc1Cl. The molecule has 0 aliphatic carbocycles. The minimum Gasteiger partial charge on any atom is -0.481 e. The first-order valence-electron chi connectivity index (χ1n) is 6.54. The van der Waals surface area contributed by atoms with Gasteiger partial charge >= 0.3 is 5.97 Å². The number of carboxylic acid groups (broad SMARTS) is 1. The molecule has 1 aromatic carbocycles. The van der Waals surface area contributed by atoms with E-state index in [-0.39, 0.29) is 30.7 Å². The highest BCUT2D eigenvalue weighted by Crippen LogP contribution is 2.27. The van der Waals surface area contributed by atoms with Crippen LogP contribution < -0.4 is 0 Å². The van der Waals surface area contributed by atoms with E-state index in [1.165, 1.54) is 0 Å². The predicted molar refractivity (Wildman–Crippen MR) is 78.7 cm³/mol. The average molecular weight is 298 g/mol. The fourth-order valence-corrected chi connectivity index (χ4v) is 2.34. The smallest absolute Gasteiger partial charge is 0.303 e. The molecule has 1 N–H and O–H groups in total. The van der Waals surface area contributed by atoms with E-state index in [4.69, 9.17) is 16.7 Å². The van der Waals surface area contributed by atoms with Crippen LogP contribution in [0.2, 0.25) is 5.02 Å². The Morgan fingerprint density at radius 1 is 1.25 bits per heavy atom. The zero-order chi connectivity index (χ0) is 15.3. The molecule has 1 rings (SSSR count). The molecule has 0 heterocycles. The minimum absolute atomic E-state index is 0.0000537. The van der Waals surface area contributed by atoms with Gasteiger partial charge in [0.05, 0.1) is 6.04 Å². The number of carbonyl (C=O) groups is 2. The number of carboxylic acids is 1. The van der Waals surface area contributed by atoms with Crippen LogP contribution in [-0.4, -0.2) is 28.9 Å². The molecular formula is C15H20ClNO3. The van der Waals surface area contributed by atoms with E-state index in [1.54, 1.807) is 24.9 Å². The van der Waals surface area contributed by atoms with Crippen LogP contribution in [0.5, 0.6) is 0 Å². The number of nitrogens with zero attached hydrogens (tertiary/aromatic N) is 1. The third-order valence-electron chi connectivity index (χ3n) is 3.38. The van der Waals surface area contributed by atoms with Crippen molar-refractivity contribution < 1.29 is 14.7 Å². The van der Waals surface area contributed by atoms with Gasteiger partial charge < -0.3 is 10.0 Å². The Morgan fingerprint density at radius 3 is 2.40 bits per heavy atom. The highest BCUT2D eigenvalue weighted by Gasteiger charge is 2.21. The van der Waals surface area contributed by atoms with Crippen LogP contribution in [0.25, 0.3) is 0 Å². The van der Waals surface area contributed by atoms with E-state index >= 15 is 0 Å². The van der Waals surface area contributed by atoms with Crippen molar-refractivity contribution in [3.8, 4) is 0 Å². The molecule has 5 heteroatoms. The number of hydrogen-bond donors (Lipinski definition) is 1. The van der Waals surface area contributed by atoms with Gasteiger partial charge in [0, 0.05) is 24.9 Å². The van der Waals surface area contributed by atoms with Crippen LogP contribution in [0, 0.1) is 5.92 Å². The Balaban J connectivity index is 2.69. The van der Waals surface area contributed by atoms with Gasteiger partial charge in [0.2, 0.25) is 5.91 Å². The molecule has 0 radical (unpaired) electrons. The first-order chi connectivity index (χ1) is 9.32. The van der Waals surface area contributed by atoms with Crippen molar-refractivity contribution in [2.45, 2.75) is 32.7 Å². The van der Waals surface area contributed by atoms with Gasteiger partial charge in [-0.1, -0.05) is 36.7 Å². The van der Waals surface area contributed by atoms with Gasteiger partial charge in [-0.3, -0.25) is 9.59 Å². The van der Waals surface area contributed by atoms with Crippen LogP contribution in [0.15, 0.2) is 24.3 Å². The molecule has 0 aromatic heterocycles. The van der Waals surface area contributed by atoms with E-state index in [9.17, 15) is 9.59 Å². The maximum atomic E-state index is 12.2. The normalized spacial score (nSPS) is 13.6. The molecule has 1 aromatic rings. The summed E-state index contributed by atoms with van der Waals surface area (Å²) >= 11 is 6.13. The summed E-state index contributed by atoms with van der Waals surface area (Å²) < 4.78 is 0. The maximum absolute atomic E-state index is 12.2. The highest BCUT2D eigenvalue weighted by atomic mass is 35.5. The standard InChI is InChI=1S/C15H20ClNO3/c1-10(9-15(19)20)8-14(18)17(3)11(2)12-6-4-5-7-13(12)16/h4-7,10-11H,8-9H2,1-3H3,(H,19,20). The first kappa shape index (κ1) is 16.5. The maximum Gasteiger partial charge on any atom is 0.303 e. The summed E-state index contributed by atoms with van der Waals surface area (Å²) in [4.78, 5) is 24.4. The molecule has 0 fully saturated rings.